The summed E-state index contributed by atoms with van der Waals surface area (Å²) in [5.41, 5.74) is 0.581. The summed E-state index contributed by atoms with van der Waals surface area (Å²) in [6, 6.07) is 3.29. The van der Waals surface area contributed by atoms with Gasteiger partial charge in [-0.25, -0.2) is 8.78 Å². The van der Waals surface area contributed by atoms with Crippen molar-refractivity contribution < 1.29 is 8.78 Å². The summed E-state index contributed by atoms with van der Waals surface area (Å²) in [6.07, 6.45) is 0.541. The maximum Gasteiger partial charge on any atom is 0.242 e. The molecule has 0 unspecified atom stereocenters. The monoisotopic (exact) mass is 143 g/mol. The number of halogens is 2. The molecule has 54 valence electrons. The maximum absolute atomic E-state index is 11.7. The van der Waals surface area contributed by atoms with Crippen LogP contribution in [0, 0.1) is 0 Å². The summed E-state index contributed by atoms with van der Waals surface area (Å²) in [7, 11) is 0. The van der Waals surface area contributed by atoms with Crippen LogP contribution in [0.3, 0.4) is 0 Å². The number of alkyl halides is 2. The van der Waals surface area contributed by atoms with Gasteiger partial charge in [0.05, 0.1) is 0 Å². The zero-order valence-electron chi connectivity index (χ0n) is 5.30. The lowest BCUT2D eigenvalue weighted by molar-refractivity contribution is 0.149. The molecule has 10 heavy (non-hydrogen) atoms. The van der Waals surface area contributed by atoms with E-state index in [0.29, 0.717) is 5.56 Å². The Hall–Kier alpha value is -0.990. The Morgan fingerprint density at radius 2 is 2.30 bits per heavy atom. The summed E-state index contributed by atoms with van der Waals surface area (Å²) < 4.78 is 23.4. The molecule has 0 aliphatic heterocycles. The van der Waals surface area contributed by atoms with E-state index in [1.54, 1.807) is 18.3 Å². The molecule has 0 fully saturated rings. The summed E-state index contributed by atoms with van der Waals surface area (Å²) in [5, 5.41) is 0. The van der Waals surface area contributed by atoms with Crippen molar-refractivity contribution in [2.45, 2.75) is 12.8 Å². The topological polar surface area (TPSA) is 12.9 Å². The van der Waals surface area contributed by atoms with Gasteiger partial charge in [0.2, 0.25) is 6.43 Å². The average Bonchev–Trinajstić information content (AvgIpc) is 1.88. The van der Waals surface area contributed by atoms with Crippen molar-refractivity contribution in [3.63, 3.8) is 0 Å². The van der Waals surface area contributed by atoms with Crippen LogP contribution >= 0.6 is 0 Å². The van der Waals surface area contributed by atoms with Crippen molar-refractivity contribution in [1.82, 2.24) is 4.98 Å². The molecule has 3 heteroatoms. The molecule has 1 heterocycles. The Kier molecular flexibility index (Phi) is 2.31. The summed E-state index contributed by atoms with van der Waals surface area (Å²) in [4.78, 5) is 3.70. The Bertz CT molecular complexity index is 186. The van der Waals surface area contributed by atoms with Crippen LogP contribution in [0.25, 0.3) is 0 Å². The molecular weight excluding hydrogens is 136 g/mol. The molecule has 1 aromatic heterocycles. The zero-order valence-corrected chi connectivity index (χ0v) is 5.30. The number of hydrogen-bond donors (Lipinski definition) is 0. The third-order valence-electron chi connectivity index (χ3n) is 1.11. The normalized spacial score (nSPS) is 10.3. The maximum atomic E-state index is 11.7. The fourth-order valence-electron chi connectivity index (χ4n) is 0.697. The van der Waals surface area contributed by atoms with E-state index in [2.05, 4.69) is 4.98 Å². The highest BCUT2D eigenvalue weighted by Crippen LogP contribution is 2.04. The van der Waals surface area contributed by atoms with E-state index in [1.807, 2.05) is 0 Å². The van der Waals surface area contributed by atoms with Crippen LogP contribution < -0.4 is 0 Å². The van der Waals surface area contributed by atoms with Gasteiger partial charge in [-0.05, 0) is 11.6 Å². The highest BCUT2D eigenvalue weighted by molar-refractivity contribution is 5.08. The fourth-order valence-corrected chi connectivity index (χ4v) is 0.697. The number of pyridine rings is 1. The van der Waals surface area contributed by atoms with Crippen LogP contribution in [-0.2, 0) is 6.42 Å². The first-order valence-electron chi connectivity index (χ1n) is 2.96. The van der Waals surface area contributed by atoms with E-state index in [-0.39, 0.29) is 6.42 Å². The highest BCUT2D eigenvalue weighted by atomic mass is 19.3. The highest BCUT2D eigenvalue weighted by Gasteiger charge is 2.02. The predicted octanol–water partition coefficient (Wildman–Crippen LogP) is 1.89. The molecule has 0 bridgehead atoms. The van der Waals surface area contributed by atoms with Crippen molar-refractivity contribution in [3.05, 3.63) is 30.1 Å². The number of hydrogen-bond acceptors (Lipinski definition) is 1. The van der Waals surface area contributed by atoms with E-state index in [4.69, 9.17) is 0 Å². The van der Waals surface area contributed by atoms with Gasteiger partial charge in [-0.1, -0.05) is 6.07 Å². The third-order valence-corrected chi connectivity index (χ3v) is 1.11. The molecule has 1 nitrogen and oxygen atoms in total. The lowest BCUT2D eigenvalue weighted by atomic mass is 10.2. The van der Waals surface area contributed by atoms with Crippen LogP contribution in [0.15, 0.2) is 24.5 Å². The molecule has 0 saturated heterocycles. The van der Waals surface area contributed by atoms with E-state index in [1.165, 1.54) is 6.20 Å². The minimum atomic E-state index is -2.27. The van der Waals surface area contributed by atoms with E-state index >= 15 is 0 Å². The Morgan fingerprint density at radius 1 is 1.50 bits per heavy atom. The summed E-state index contributed by atoms with van der Waals surface area (Å²) in [5.74, 6) is 0. The number of nitrogens with zero attached hydrogens (tertiary/aromatic N) is 1. The Balaban J connectivity index is 2.59. The number of aromatic nitrogens is 1. The molecule has 0 saturated carbocycles. The van der Waals surface area contributed by atoms with Gasteiger partial charge in [-0.15, -0.1) is 0 Å². The van der Waals surface area contributed by atoms with Crippen molar-refractivity contribution >= 4 is 0 Å². The molecule has 0 aliphatic carbocycles. The van der Waals surface area contributed by atoms with Crippen molar-refractivity contribution in [3.8, 4) is 0 Å². The lowest BCUT2D eigenvalue weighted by Crippen LogP contribution is -1.96. The molecular formula is C7H7F2N. The van der Waals surface area contributed by atoms with Crippen LogP contribution in [0.5, 0.6) is 0 Å². The molecule has 1 rings (SSSR count). The molecule has 0 amide bonds. The minimum absolute atomic E-state index is 0.201. The van der Waals surface area contributed by atoms with Gasteiger partial charge in [0.1, 0.15) is 0 Å². The minimum Gasteiger partial charge on any atom is -0.264 e. The quantitative estimate of drug-likeness (QED) is 0.616. The van der Waals surface area contributed by atoms with Gasteiger partial charge in [0.25, 0.3) is 0 Å². The Morgan fingerprint density at radius 3 is 2.80 bits per heavy atom. The van der Waals surface area contributed by atoms with Gasteiger partial charge in [-0.3, -0.25) is 4.98 Å². The summed E-state index contributed by atoms with van der Waals surface area (Å²) in [6.45, 7) is 0. The van der Waals surface area contributed by atoms with E-state index in [0.717, 1.165) is 0 Å². The van der Waals surface area contributed by atoms with Crippen molar-refractivity contribution in [1.29, 1.82) is 0 Å². The van der Waals surface area contributed by atoms with Gasteiger partial charge in [0, 0.05) is 18.8 Å². The first-order valence-corrected chi connectivity index (χ1v) is 2.96. The van der Waals surface area contributed by atoms with Crippen LogP contribution in [0.2, 0.25) is 0 Å². The van der Waals surface area contributed by atoms with Crippen molar-refractivity contribution in [2.75, 3.05) is 0 Å². The fraction of sp³-hybridized carbons (Fsp3) is 0.286. The average molecular weight is 143 g/mol. The van der Waals surface area contributed by atoms with E-state index < -0.39 is 6.43 Å². The zero-order chi connectivity index (χ0) is 7.40. The van der Waals surface area contributed by atoms with Gasteiger partial charge in [-0.2, -0.15) is 0 Å². The Labute approximate surface area is 57.7 Å². The van der Waals surface area contributed by atoms with Crippen LogP contribution in [0.4, 0.5) is 8.78 Å². The van der Waals surface area contributed by atoms with Crippen molar-refractivity contribution in [2.24, 2.45) is 0 Å². The SMILES string of the molecule is FC(F)Cc1cccnc1. The van der Waals surface area contributed by atoms with Gasteiger partial charge >= 0.3 is 0 Å². The second kappa shape index (κ2) is 3.25. The number of rotatable bonds is 2. The van der Waals surface area contributed by atoms with Gasteiger partial charge < -0.3 is 0 Å². The first kappa shape index (κ1) is 7.12. The molecule has 0 radical (unpaired) electrons. The largest absolute Gasteiger partial charge is 0.264 e. The predicted molar refractivity (Wildman–Crippen MR) is 33.9 cm³/mol. The van der Waals surface area contributed by atoms with E-state index in [9.17, 15) is 8.78 Å². The molecule has 0 aliphatic rings. The lowest BCUT2D eigenvalue weighted by Gasteiger charge is -1.96. The molecule has 0 N–H and O–H groups in total. The molecule has 0 aromatic carbocycles. The van der Waals surface area contributed by atoms with Gasteiger partial charge in [0.15, 0.2) is 0 Å². The molecule has 1 aromatic rings. The van der Waals surface area contributed by atoms with Crippen LogP contribution in [-0.4, -0.2) is 11.4 Å². The second-order valence-corrected chi connectivity index (χ2v) is 1.96. The third kappa shape index (κ3) is 2.09. The summed E-state index contributed by atoms with van der Waals surface area (Å²) >= 11 is 0. The molecule has 0 atom stereocenters. The second-order valence-electron chi connectivity index (χ2n) is 1.96. The first-order chi connectivity index (χ1) is 4.79. The smallest absolute Gasteiger partial charge is 0.242 e. The standard InChI is InChI=1S/C7H7F2N/c8-7(9)4-6-2-1-3-10-5-6/h1-3,5,7H,4H2. The van der Waals surface area contributed by atoms with Crippen LogP contribution in [0.1, 0.15) is 5.56 Å². The molecule has 0 spiro atoms.